The van der Waals surface area contributed by atoms with E-state index < -0.39 is 5.97 Å². The van der Waals surface area contributed by atoms with Crippen LogP contribution in [0.3, 0.4) is 0 Å². The van der Waals surface area contributed by atoms with Crippen molar-refractivity contribution in [2.75, 3.05) is 11.6 Å². The van der Waals surface area contributed by atoms with Crippen LogP contribution in [0, 0.1) is 0 Å². The van der Waals surface area contributed by atoms with Crippen molar-refractivity contribution in [2.45, 2.75) is 17.9 Å². The van der Waals surface area contributed by atoms with Gasteiger partial charge in [-0.3, -0.25) is 4.79 Å². The van der Waals surface area contributed by atoms with Gasteiger partial charge in [-0.05, 0) is 65.4 Å². The Hall–Kier alpha value is -3.53. The van der Waals surface area contributed by atoms with Gasteiger partial charge in [0.1, 0.15) is 0 Å². The standard InChI is InChI=1S/C24H19ClN2OS.C14H11Cl2NO2.Na/c1-29-21-13-9-19(10-14-21)24-22(18-7-11-20(25)12-8-18)15-23(28)27(26-24)16-17-5-3-2-4-6-17;15-10-5-3-6-11(16)14(10)17-12-7-2-1-4-9(12)8-13(18)19;/h2-15H,16H2,1H3;1-7,17H,8H2,(H,18,19);/q;;+1/p-1. The second kappa shape index (κ2) is 18.5. The average molecular weight is 737 g/mol. The molecule has 0 radical (unpaired) electrons. The molecule has 11 heteroatoms. The van der Waals surface area contributed by atoms with Crippen LogP contribution in [0.4, 0.5) is 11.4 Å². The molecule has 49 heavy (non-hydrogen) atoms. The normalized spacial score (nSPS) is 10.4. The third kappa shape index (κ3) is 10.5. The van der Waals surface area contributed by atoms with Crippen LogP contribution in [0.25, 0.3) is 22.4 Å². The first-order valence-electron chi connectivity index (χ1n) is 14.8. The van der Waals surface area contributed by atoms with E-state index in [1.54, 1.807) is 60.3 Å². The van der Waals surface area contributed by atoms with Gasteiger partial charge in [-0.15, -0.1) is 11.8 Å². The van der Waals surface area contributed by atoms with Gasteiger partial charge >= 0.3 is 29.6 Å². The van der Waals surface area contributed by atoms with Crippen molar-refractivity contribution in [2.24, 2.45) is 0 Å². The fourth-order valence-electron chi connectivity index (χ4n) is 4.88. The van der Waals surface area contributed by atoms with Gasteiger partial charge in [0.15, 0.2) is 0 Å². The minimum atomic E-state index is -1.14. The number of carbonyl (C=O) groups is 1. The molecule has 0 aliphatic carbocycles. The second-order valence-electron chi connectivity index (χ2n) is 10.6. The fraction of sp³-hybridized carbons (Fsp3) is 0.0789. The molecule has 6 aromatic rings. The molecule has 6 rings (SSSR count). The number of nitrogens with one attached hydrogen (secondary N) is 1. The van der Waals surface area contributed by atoms with Crippen LogP contribution in [-0.2, 0) is 17.8 Å². The number of hydrogen-bond acceptors (Lipinski definition) is 6. The first-order valence-corrected chi connectivity index (χ1v) is 17.1. The van der Waals surface area contributed by atoms with E-state index in [1.165, 1.54) is 9.58 Å². The Morgan fingerprint density at radius 1 is 0.796 bits per heavy atom. The summed E-state index contributed by atoms with van der Waals surface area (Å²) in [7, 11) is 0. The molecule has 1 N–H and O–H groups in total. The molecule has 1 aromatic heterocycles. The number of carboxylic acids is 1. The SMILES string of the molecule is CSc1ccc(-c2nn(Cc3ccccc3)c(=O)cc2-c2ccc(Cl)cc2)cc1.O=C([O-])Cc1ccccc1Nc1c(Cl)cccc1Cl.[Na+]. The van der Waals surface area contributed by atoms with Crippen LogP contribution in [-0.4, -0.2) is 22.0 Å². The molecular formula is C38H29Cl3N3NaO3S. The molecule has 6 nitrogen and oxygen atoms in total. The van der Waals surface area contributed by atoms with Crippen molar-refractivity contribution < 1.29 is 39.5 Å². The Morgan fingerprint density at radius 2 is 1.41 bits per heavy atom. The number of aromatic nitrogens is 2. The van der Waals surface area contributed by atoms with Crippen molar-refractivity contribution in [3.63, 3.8) is 0 Å². The number of nitrogens with zero attached hydrogens (tertiary/aromatic N) is 2. The molecule has 0 aliphatic heterocycles. The molecule has 0 spiro atoms. The van der Waals surface area contributed by atoms with Crippen LogP contribution in [0.5, 0.6) is 0 Å². The number of benzene rings is 5. The van der Waals surface area contributed by atoms with Gasteiger partial charge in [0, 0.05) is 45.2 Å². The maximum absolute atomic E-state index is 12.8. The maximum atomic E-state index is 12.8. The topological polar surface area (TPSA) is 87.0 Å². The Balaban J connectivity index is 0.000000236. The van der Waals surface area contributed by atoms with Crippen molar-refractivity contribution in [1.82, 2.24) is 9.78 Å². The predicted octanol–water partition coefficient (Wildman–Crippen LogP) is 6.03. The van der Waals surface area contributed by atoms with Crippen molar-refractivity contribution >= 4 is 63.9 Å². The third-order valence-corrected chi connectivity index (χ3v) is 8.89. The van der Waals surface area contributed by atoms with E-state index in [2.05, 4.69) is 17.4 Å². The molecule has 5 aromatic carbocycles. The summed E-state index contributed by atoms with van der Waals surface area (Å²) in [6, 6.07) is 39.4. The number of carbonyl (C=O) groups excluding carboxylic acids is 1. The van der Waals surface area contributed by atoms with Crippen LogP contribution >= 0.6 is 46.6 Å². The molecule has 242 valence electrons. The molecule has 0 saturated heterocycles. The van der Waals surface area contributed by atoms with Gasteiger partial charge in [0.25, 0.3) is 5.56 Å². The van der Waals surface area contributed by atoms with Crippen molar-refractivity contribution in [3.8, 4) is 22.4 Å². The van der Waals surface area contributed by atoms with E-state index in [4.69, 9.17) is 39.9 Å². The summed E-state index contributed by atoms with van der Waals surface area (Å²) in [4.78, 5) is 24.7. The molecule has 0 saturated carbocycles. The zero-order chi connectivity index (χ0) is 34.0. The zero-order valence-electron chi connectivity index (χ0n) is 26.7. The summed E-state index contributed by atoms with van der Waals surface area (Å²) in [6.07, 6.45) is 1.87. The number of aliphatic carboxylic acids is 1. The number of thioether (sulfide) groups is 1. The van der Waals surface area contributed by atoms with Gasteiger partial charge < -0.3 is 15.2 Å². The fourth-order valence-corrected chi connectivity index (χ4v) is 5.90. The van der Waals surface area contributed by atoms with Gasteiger partial charge in [-0.25, -0.2) is 4.68 Å². The molecule has 0 aliphatic rings. The summed E-state index contributed by atoms with van der Waals surface area (Å²) in [5.41, 5.74) is 6.15. The van der Waals surface area contributed by atoms with E-state index in [9.17, 15) is 14.7 Å². The summed E-state index contributed by atoms with van der Waals surface area (Å²) in [6.45, 7) is 0.427. The third-order valence-electron chi connectivity index (χ3n) is 7.27. The second-order valence-corrected chi connectivity index (χ2v) is 12.7. The first-order chi connectivity index (χ1) is 23.2. The molecule has 0 unspecified atom stereocenters. The summed E-state index contributed by atoms with van der Waals surface area (Å²) in [5, 5.41) is 20.1. The zero-order valence-corrected chi connectivity index (χ0v) is 31.8. The average Bonchev–Trinajstić information content (AvgIpc) is 3.09. The molecule has 0 atom stereocenters. The summed E-state index contributed by atoms with van der Waals surface area (Å²) < 4.78 is 1.52. The minimum Gasteiger partial charge on any atom is -0.550 e. The minimum absolute atomic E-state index is 0. The van der Waals surface area contributed by atoms with Crippen LogP contribution in [0.1, 0.15) is 11.1 Å². The van der Waals surface area contributed by atoms with Gasteiger partial charge in [-0.1, -0.05) is 114 Å². The van der Waals surface area contributed by atoms with Gasteiger partial charge in [0.2, 0.25) is 0 Å². The molecule has 0 amide bonds. The van der Waals surface area contributed by atoms with Crippen LogP contribution in [0.15, 0.2) is 137 Å². The van der Waals surface area contributed by atoms with Crippen molar-refractivity contribution in [1.29, 1.82) is 0 Å². The largest absolute Gasteiger partial charge is 1.00 e. The van der Waals surface area contributed by atoms with Crippen molar-refractivity contribution in [3.05, 3.63) is 164 Å². The van der Waals surface area contributed by atoms with E-state index in [0.29, 0.717) is 38.6 Å². The van der Waals surface area contributed by atoms with E-state index in [-0.39, 0.29) is 41.5 Å². The van der Waals surface area contributed by atoms with Gasteiger partial charge in [0.05, 0.1) is 28.0 Å². The number of carboxylic acid groups (broad SMARTS) is 1. The number of hydrogen-bond donors (Lipinski definition) is 1. The number of rotatable bonds is 9. The molecular weight excluding hydrogens is 708 g/mol. The van der Waals surface area contributed by atoms with Gasteiger partial charge in [-0.2, -0.15) is 5.10 Å². The predicted molar refractivity (Wildman–Crippen MR) is 197 cm³/mol. The van der Waals surface area contributed by atoms with Crippen LogP contribution in [0.2, 0.25) is 15.1 Å². The van der Waals surface area contributed by atoms with Crippen LogP contribution < -0.4 is 45.5 Å². The van der Waals surface area contributed by atoms with E-state index in [1.807, 2.05) is 73.0 Å². The Bertz CT molecular complexity index is 2060. The number of para-hydroxylation sites is 2. The summed E-state index contributed by atoms with van der Waals surface area (Å²) >= 11 is 19.9. The Kier molecular flexibility index (Phi) is 14.4. The number of halogens is 3. The quantitative estimate of drug-likeness (QED) is 0.144. The smallest absolute Gasteiger partial charge is 0.550 e. The molecule has 1 heterocycles. The molecule has 0 bridgehead atoms. The van der Waals surface area contributed by atoms with E-state index >= 15 is 0 Å². The number of anilines is 2. The Morgan fingerprint density at radius 3 is 2.04 bits per heavy atom. The first kappa shape index (κ1) is 38.3. The summed E-state index contributed by atoms with van der Waals surface area (Å²) in [5.74, 6) is -1.14. The Labute approximate surface area is 326 Å². The van der Waals surface area contributed by atoms with E-state index in [0.717, 1.165) is 27.9 Å². The molecule has 0 fully saturated rings. The monoisotopic (exact) mass is 735 g/mol. The maximum Gasteiger partial charge on any atom is 1.00 e.